The first-order chi connectivity index (χ1) is 13.5. The van der Waals surface area contributed by atoms with E-state index in [9.17, 15) is 13.2 Å². The molecule has 0 radical (unpaired) electrons. The molecule has 0 N–H and O–H groups in total. The van der Waals surface area contributed by atoms with Crippen LogP contribution in [0.2, 0.25) is 0 Å². The van der Waals surface area contributed by atoms with Crippen LogP contribution in [0, 0.1) is 0 Å². The van der Waals surface area contributed by atoms with Gasteiger partial charge in [-0.15, -0.1) is 0 Å². The average Bonchev–Trinajstić information content (AvgIpc) is 3.08. The quantitative estimate of drug-likeness (QED) is 0.446. The Balaban J connectivity index is 1.81. The van der Waals surface area contributed by atoms with Crippen molar-refractivity contribution in [1.29, 1.82) is 0 Å². The highest BCUT2D eigenvalue weighted by molar-refractivity contribution is 7.86. The highest BCUT2D eigenvalue weighted by Gasteiger charge is 2.58. The normalized spacial score (nSPS) is 29.4. The third-order valence-corrected chi connectivity index (χ3v) is 5.02. The first kappa shape index (κ1) is 22.1. The molecule has 2 heterocycles. The fourth-order valence-corrected chi connectivity index (χ4v) is 3.98. The van der Waals surface area contributed by atoms with Gasteiger partial charge in [0, 0.05) is 6.92 Å². The molecular weight excluding hydrogens is 404 g/mol. The van der Waals surface area contributed by atoms with Gasteiger partial charge in [0.2, 0.25) is 0 Å². The monoisotopic (exact) mass is 430 g/mol. The molecule has 2 saturated heterocycles. The summed E-state index contributed by atoms with van der Waals surface area (Å²) in [6, 6.07) is 9.48. The molecule has 0 aliphatic carbocycles. The van der Waals surface area contributed by atoms with Crippen LogP contribution in [0.25, 0.3) is 0 Å². The zero-order valence-corrected chi connectivity index (χ0v) is 17.6. The van der Waals surface area contributed by atoms with Crippen molar-refractivity contribution >= 4 is 16.1 Å². The predicted octanol–water partition coefficient (Wildman–Crippen LogP) is 1.36. The van der Waals surface area contributed by atoms with Crippen LogP contribution in [0.1, 0.15) is 26.3 Å². The van der Waals surface area contributed by atoms with E-state index in [1.807, 2.05) is 30.3 Å². The second-order valence-electron chi connectivity index (χ2n) is 7.47. The SMILES string of the molecule is CC(=O)OC[C@H](OS(C)(=O)=O)[C@H]1O[C@@H]2OC(C)(C)O[C@@H]2[C@H]1OCc1ccccc1. The lowest BCUT2D eigenvalue weighted by atomic mass is 10.1. The number of hydrogen-bond acceptors (Lipinski definition) is 9. The topological polar surface area (TPSA) is 107 Å². The molecule has 9 nitrogen and oxygen atoms in total. The third-order valence-electron chi connectivity index (χ3n) is 4.43. The summed E-state index contributed by atoms with van der Waals surface area (Å²) in [5.74, 6) is -1.45. The van der Waals surface area contributed by atoms with Gasteiger partial charge in [0.1, 0.15) is 31.0 Å². The molecule has 0 aromatic heterocycles. The Kier molecular flexibility index (Phi) is 6.61. The van der Waals surface area contributed by atoms with Gasteiger partial charge in [0.15, 0.2) is 12.1 Å². The second kappa shape index (κ2) is 8.66. The number of benzene rings is 1. The van der Waals surface area contributed by atoms with Gasteiger partial charge in [-0.1, -0.05) is 30.3 Å². The van der Waals surface area contributed by atoms with Crippen molar-refractivity contribution in [2.24, 2.45) is 0 Å². The van der Waals surface area contributed by atoms with E-state index in [1.165, 1.54) is 6.92 Å². The number of fused-ring (bicyclic) bond motifs is 1. The minimum atomic E-state index is -3.85. The number of rotatable bonds is 8. The largest absolute Gasteiger partial charge is 0.463 e. The van der Waals surface area contributed by atoms with Gasteiger partial charge in [-0.2, -0.15) is 8.42 Å². The standard InChI is InChI=1S/C19H26O9S/c1-12(20)23-11-14(28-29(4,21)22)15-16(24-10-13-8-6-5-7-9-13)17-18(25-15)27-19(2,3)26-17/h5-9,14-18H,10-11H2,1-4H3/t14-,15+,16-,17+,18+/m0/s1. The number of carbonyl (C=O) groups is 1. The van der Waals surface area contributed by atoms with Crippen molar-refractivity contribution in [2.75, 3.05) is 12.9 Å². The third kappa shape index (κ3) is 5.97. The first-order valence-electron chi connectivity index (χ1n) is 9.22. The van der Waals surface area contributed by atoms with Gasteiger partial charge in [-0.25, -0.2) is 0 Å². The minimum absolute atomic E-state index is 0.248. The van der Waals surface area contributed by atoms with Gasteiger partial charge < -0.3 is 23.7 Å². The molecule has 2 aliphatic rings. The summed E-state index contributed by atoms with van der Waals surface area (Å²) in [6.07, 6.45) is -3.15. The van der Waals surface area contributed by atoms with Crippen LogP contribution in [0.4, 0.5) is 0 Å². The molecule has 0 saturated carbocycles. The van der Waals surface area contributed by atoms with Crippen molar-refractivity contribution in [3.05, 3.63) is 35.9 Å². The summed E-state index contributed by atoms with van der Waals surface area (Å²) in [5.41, 5.74) is 0.924. The van der Waals surface area contributed by atoms with E-state index in [-0.39, 0.29) is 13.2 Å². The molecule has 2 aliphatic heterocycles. The Bertz CT molecular complexity index is 808. The van der Waals surface area contributed by atoms with E-state index in [4.69, 9.17) is 27.9 Å². The molecule has 0 amide bonds. The van der Waals surface area contributed by atoms with Crippen molar-refractivity contribution in [1.82, 2.24) is 0 Å². The Hall–Kier alpha value is -1.56. The molecule has 10 heteroatoms. The molecule has 5 atom stereocenters. The smallest absolute Gasteiger partial charge is 0.302 e. The molecule has 1 aromatic rings. The van der Waals surface area contributed by atoms with Crippen LogP contribution in [0.15, 0.2) is 30.3 Å². The molecule has 0 bridgehead atoms. The van der Waals surface area contributed by atoms with Crippen LogP contribution in [0.3, 0.4) is 0 Å². The van der Waals surface area contributed by atoms with E-state index < -0.39 is 52.6 Å². The first-order valence-corrected chi connectivity index (χ1v) is 11.0. The predicted molar refractivity (Wildman–Crippen MR) is 100 cm³/mol. The molecule has 0 spiro atoms. The van der Waals surface area contributed by atoms with E-state index >= 15 is 0 Å². The van der Waals surface area contributed by atoms with Crippen molar-refractivity contribution < 1.29 is 41.1 Å². The Morgan fingerprint density at radius 3 is 2.52 bits per heavy atom. The van der Waals surface area contributed by atoms with Gasteiger partial charge in [0.25, 0.3) is 10.1 Å². The number of esters is 1. The van der Waals surface area contributed by atoms with E-state index in [1.54, 1.807) is 13.8 Å². The number of carbonyl (C=O) groups excluding carboxylic acids is 1. The summed E-state index contributed by atoms with van der Waals surface area (Å²) in [4.78, 5) is 11.3. The summed E-state index contributed by atoms with van der Waals surface area (Å²) in [7, 11) is -3.85. The van der Waals surface area contributed by atoms with Crippen LogP contribution in [0.5, 0.6) is 0 Å². The zero-order valence-electron chi connectivity index (χ0n) is 16.8. The molecule has 2 fully saturated rings. The fourth-order valence-electron chi connectivity index (χ4n) is 3.36. The van der Waals surface area contributed by atoms with Crippen molar-refractivity contribution in [3.63, 3.8) is 0 Å². The lowest BCUT2D eigenvalue weighted by molar-refractivity contribution is -0.230. The van der Waals surface area contributed by atoms with Crippen molar-refractivity contribution in [2.45, 2.75) is 63.9 Å². The van der Waals surface area contributed by atoms with Gasteiger partial charge in [-0.3, -0.25) is 8.98 Å². The number of ether oxygens (including phenoxy) is 5. The summed E-state index contributed by atoms with van der Waals surface area (Å²) >= 11 is 0. The van der Waals surface area contributed by atoms with Crippen LogP contribution < -0.4 is 0 Å². The van der Waals surface area contributed by atoms with Crippen LogP contribution >= 0.6 is 0 Å². The molecule has 29 heavy (non-hydrogen) atoms. The lowest BCUT2D eigenvalue weighted by Gasteiger charge is -2.30. The van der Waals surface area contributed by atoms with E-state index in [2.05, 4.69) is 0 Å². The lowest BCUT2D eigenvalue weighted by Crippen LogP contribution is -2.46. The second-order valence-corrected chi connectivity index (χ2v) is 9.07. The maximum Gasteiger partial charge on any atom is 0.302 e. The van der Waals surface area contributed by atoms with Crippen molar-refractivity contribution in [3.8, 4) is 0 Å². The zero-order chi connectivity index (χ0) is 21.2. The summed E-state index contributed by atoms with van der Waals surface area (Å²) < 4.78 is 57.3. The highest BCUT2D eigenvalue weighted by atomic mass is 32.2. The Labute approximate surface area is 170 Å². The highest BCUT2D eigenvalue weighted by Crippen LogP contribution is 2.40. The summed E-state index contributed by atoms with van der Waals surface area (Å²) in [6.45, 7) is 4.65. The van der Waals surface area contributed by atoms with Gasteiger partial charge in [-0.05, 0) is 19.4 Å². The minimum Gasteiger partial charge on any atom is -0.463 e. The average molecular weight is 430 g/mol. The van der Waals surface area contributed by atoms with Gasteiger partial charge in [0.05, 0.1) is 12.9 Å². The molecule has 1 aromatic carbocycles. The maximum absolute atomic E-state index is 11.8. The summed E-state index contributed by atoms with van der Waals surface area (Å²) in [5, 5.41) is 0. The molecule has 0 unspecified atom stereocenters. The number of hydrogen-bond donors (Lipinski definition) is 0. The molecule has 162 valence electrons. The van der Waals surface area contributed by atoms with E-state index in [0.717, 1.165) is 11.8 Å². The maximum atomic E-state index is 11.8. The Morgan fingerprint density at radius 2 is 1.90 bits per heavy atom. The van der Waals surface area contributed by atoms with Crippen LogP contribution in [-0.2, 0) is 49.4 Å². The molecule has 3 rings (SSSR count). The van der Waals surface area contributed by atoms with E-state index in [0.29, 0.717) is 0 Å². The van der Waals surface area contributed by atoms with Gasteiger partial charge >= 0.3 is 5.97 Å². The van der Waals surface area contributed by atoms with Crippen LogP contribution in [-0.4, -0.2) is 63.7 Å². The fraction of sp³-hybridized carbons (Fsp3) is 0.632. The molecular formula is C19H26O9S. The Morgan fingerprint density at radius 1 is 1.21 bits per heavy atom.